The molecule has 0 saturated heterocycles. The third-order valence-corrected chi connectivity index (χ3v) is 10.4. The van der Waals surface area contributed by atoms with E-state index in [1.807, 2.05) is 21.1 Å². The fourth-order valence-electron chi connectivity index (χ4n) is 6.01. The molecule has 304 valence electrons. The van der Waals surface area contributed by atoms with E-state index in [2.05, 4.69) is 13.8 Å². The number of phosphoric acid groups is 1. The highest BCUT2D eigenvalue weighted by Gasteiger charge is 2.27. The summed E-state index contributed by atoms with van der Waals surface area (Å²) < 4.78 is 33.9. The summed E-state index contributed by atoms with van der Waals surface area (Å²) in [6.45, 7) is 4.26. The van der Waals surface area contributed by atoms with Crippen molar-refractivity contribution in [2.24, 2.45) is 0 Å². The quantitative estimate of drug-likeness (QED) is 0.0286. The number of phosphoric ester groups is 1. The molecule has 2 atom stereocenters. The van der Waals surface area contributed by atoms with Gasteiger partial charge in [0.2, 0.25) is 0 Å². The summed E-state index contributed by atoms with van der Waals surface area (Å²) in [5.74, 6) is -0.816. The fraction of sp³-hybridized carbons (Fsp3) is 0.951. The zero-order chi connectivity index (χ0) is 37.9. The van der Waals surface area contributed by atoms with Crippen LogP contribution in [0.25, 0.3) is 0 Å². The van der Waals surface area contributed by atoms with Crippen molar-refractivity contribution >= 4 is 19.8 Å². The molecule has 0 fully saturated rings. The van der Waals surface area contributed by atoms with Gasteiger partial charge in [-0.1, -0.05) is 174 Å². The molecular weight excluding hydrogens is 665 g/mol. The second kappa shape index (κ2) is 34.8. The fourth-order valence-corrected chi connectivity index (χ4v) is 6.76. The molecule has 0 heterocycles. The van der Waals surface area contributed by atoms with Crippen LogP contribution in [0.4, 0.5) is 0 Å². The molecule has 0 aliphatic rings. The van der Waals surface area contributed by atoms with Crippen LogP contribution in [0, 0.1) is 0 Å². The second-order valence-corrected chi connectivity index (χ2v) is 17.2. The Balaban J connectivity index is 3.92. The molecule has 0 bridgehead atoms. The van der Waals surface area contributed by atoms with E-state index in [0.29, 0.717) is 11.0 Å². The van der Waals surface area contributed by atoms with E-state index in [1.165, 1.54) is 135 Å². The average molecular weight is 749 g/mol. The van der Waals surface area contributed by atoms with Crippen LogP contribution in [0.1, 0.15) is 200 Å². The molecule has 0 aliphatic carbocycles. The highest BCUT2D eigenvalue weighted by molar-refractivity contribution is 7.47. The zero-order valence-corrected chi connectivity index (χ0v) is 35.0. The van der Waals surface area contributed by atoms with E-state index in [1.54, 1.807) is 0 Å². The highest BCUT2D eigenvalue weighted by atomic mass is 31.2. The Morgan fingerprint density at radius 2 is 0.882 bits per heavy atom. The molecule has 0 amide bonds. The van der Waals surface area contributed by atoms with Gasteiger partial charge < -0.3 is 18.9 Å². The molecule has 51 heavy (non-hydrogen) atoms. The number of carbonyl (C=O) groups excluding carboxylic acids is 2. The third-order valence-electron chi connectivity index (χ3n) is 9.39. The average Bonchev–Trinajstić information content (AvgIpc) is 3.07. The predicted octanol–water partition coefficient (Wildman–Crippen LogP) is 11.6. The molecule has 9 nitrogen and oxygen atoms in total. The third kappa shape index (κ3) is 38.5. The maximum absolute atomic E-state index is 12.6. The maximum atomic E-state index is 12.6. The lowest BCUT2D eigenvalue weighted by atomic mass is 10.0. The van der Waals surface area contributed by atoms with Crippen LogP contribution in [-0.4, -0.2) is 74.9 Å². The number of hydrogen-bond donors (Lipinski definition) is 1. The van der Waals surface area contributed by atoms with Crippen molar-refractivity contribution in [3.63, 3.8) is 0 Å². The Morgan fingerprint density at radius 1 is 0.529 bits per heavy atom. The second-order valence-electron chi connectivity index (χ2n) is 15.7. The Hall–Kier alpha value is -0.990. The Morgan fingerprint density at radius 3 is 1.29 bits per heavy atom. The van der Waals surface area contributed by atoms with Crippen molar-refractivity contribution in [3.05, 3.63) is 0 Å². The van der Waals surface area contributed by atoms with Crippen molar-refractivity contribution in [1.82, 2.24) is 0 Å². The van der Waals surface area contributed by atoms with Crippen LogP contribution in [-0.2, 0) is 32.7 Å². The molecule has 0 aromatic rings. The van der Waals surface area contributed by atoms with Crippen molar-refractivity contribution in [2.75, 3.05) is 47.5 Å². The molecule has 0 rings (SSSR count). The van der Waals surface area contributed by atoms with Crippen molar-refractivity contribution in [1.29, 1.82) is 0 Å². The predicted molar refractivity (Wildman–Crippen MR) is 211 cm³/mol. The number of esters is 2. The number of ether oxygens (including phenoxy) is 2. The number of hydrogen-bond acceptors (Lipinski definition) is 7. The minimum atomic E-state index is -4.35. The van der Waals surface area contributed by atoms with Gasteiger partial charge in [0.05, 0.1) is 27.7 Å². The van der Waals surface area contributed by atoms with Crippen molar-refractivity contribution in [2.45, 2.75) is 206 Å². The highest BCUT2D eigenvalue weighted by Crippen LogP contribution is 2.43. The van der Waals surface area contributed by atoms with E-state index >= 15 is 0 Å². The van der Waals surface area contributed by atoms with E-state index in [4.69, 9.17) is 18.5 Å². The van der Waals surface area contributed by atoms with Gasteiger partial charge in [-0.15, -0.1) is 0 Å². The molecule has 0 radical (unpaired) electrons. The maximum Gasteiger partial charge on any atom is 0.472 e. The molecule has 0 saturated carbocycles. The zero-order valence-electron chi connectivity index (χ0n) is 34.1. The van der Waals surface area contributed by atoms with Gasteiger partial charge in [-0.3, -0.25) is 18.6 Å². The van der Waals surface area contributed by atoms with Gasteiger partial charge >= 0.3 is 19.8 Å². The first-order valence-electron chi connectivity index (χ1n) is 21.3. The van der Waals surface area contributed by atoms with Gasteiger partial charge in [0, 0.05) is 12.8 Å². The standard InChI is InChI=1S/C41H82NO8P/c1-6-8-10-11-12-13-14-15-16-17-18-19-20-21-22-23-24-25-26-27-28-29-30-32-34-41(44)50-39(37-47-40(43)33-31-9-7-2)38-49-51(45,46)48-36-35-42(3,4)5/h39H,6-38H2,1-5H3/p+1. The first-order chi connectivity index (χ1) is 24.5. The van der Waals surface area contributed by atoms with Gasteiger partial charge in [0.25, 0.3) is 0 Å². The number of carbonyl (C=O) groups is 2. The van der Waals surface area contributed by atoms with Crippen LogP contribution in [0.3, 0.4) is 0 Å². The van der Waals surface area contributed by atoms with Crippen LogP contribution < -0.4 is 0 Å². The van der Waals surface area contributed by atoms with Gasteiger partial charge in [0.15, 0.2) is 6.10 Å². The molecular formula is C41H83NO8P+. The first-order valence-corrected chi connectivity index (χ1v) is 22.8. The first kappa shape index (κ1) is 50.0. The molecule has 0 aromatic heterocycles. The SMILES string of the molecule is CCCCCCCCCCCCCCCCCCCCCCCCCCC(=O)OC(COC(=O)CCCCC)COP(=O)(O)OCC[N+](C)(C)C. The van der Waals surface area contributed by atoms with E-state index in [9.17, 15) is 19.0 Å². The van der Waals surface area contributed by atoms with Gasteiger partial charge in [-0.05, 0) is 12.8 Å². The monoisotopic (exact) mass is 749 g/mol. The van der Waals surface area contributed by atoms with Gasteiger partial charge in [-0.25, -0.2) is 4.57 Å². The molecule has 0 aliphatic heterocycles. The van der Waals surface area contributed by atoms with E-state index in [-0.39, 0.29) is 32.0 Å². The van der Waals surface area contributed by atoms with Gasteiger partial charge in [0.1, 0.15) is 19.8 Å². The summed E-state index contributed by atoms with van der Waals surface area (Å²) in [6.07, 6.45) is 33.9. The minimum absolute atomic E-state index is 0.0354. The number of unbranched alkanes of at least 4 members (excludes halogenated alkanes) is 25. The lowest BCUT2D eigenvalue weighted by Crippen LogP contribution is -2.37. The summed E-state index contributed by atoms with van der Waals surface area (Å²) >= 11 is 0. The lowest BCUT2D eigenvalue weighted by molar-refractivity contribution is -0.870. The molecule has 1 N–H and O–H groups in total. The molecule has 0 aromatic carbocycles. The summed E-state index contributed by atoms with van der Waals surface area (Å²) in [6, 6.07) is 0. The van der Waals surface area contributed by atoms with Crippen molar-refractivity contribution in [3.8, 4) is 0 Å². The van der Waals surface area contributed by atoms with Crippen LogP contribution in [0.2, 0.25) is 0 Å². The topological polar surface area (TPSA) is 108 Å². The normalized spacial score (nSPS) is 13.6. The number of rotatable bonds is 39. The number of likely N-dealkylation sites (N-methyl/N-ethyl adjacent to an activating group) is 1. The summed E-state index contributed by atoms with van der Waals surface area (Å²) in [5.41, 5.74) is 0. The van der Waals surface area contributed by atoms with Crippen molar-refractivity contribution < 1.29 is 42.1 Å². The Bertz CT molecular complexity index is 850. The van der Waals surface area contributed by atoms with Gasteiger partial charge in [-0.2, -0.15) is 0 Å². The van der Waals surface area contributed by atoms with Crippen LogP contribution >= 0.6 is 7.82 Å². The number of nitrogens with zero attached hydrogens (tertiary/aromatic N) is 1. The number of quaternary nitrogens is 1. The molecule has 2 unspecified atom stereocenters. The minimum Gasteiger partial charge on any atom is -0.462 e. The molecule has 0 spiro atoms. The van der Waals surface area contributed by atoms with Crippen LogP contribution in [0.5, 0.6) is 0 Å². The summed E-state index contributed by atoms with van der Waals surface area (Å²) in [5, 5.41) is 0. The van der Waals surface area contributed by atoms with E-state index < -0.39 is 26.5 Å². The Labute approximate surface area is 314 Å². The lowest BCUT2D eigenvalue weighted by Gasteiger charge is -2.24. The Kier molecular flexibility index (Phi) is 34.1. The summed E-state index contributed by atoms with van der Waals surface area (Å²) in [7, 11) is 1.49. The molecule has 10 heteroatoms. The summed E-state index contributed by atoms with van der Waals surface area (Å²) in [4.78, 5) is 34.7. The smallest absolute Gasteiger partial charge is 0.462 e. The van der Waals surface area contributed by atoms with E-state index in [0.717, 1.165) is 38.5 Å². The largest absolute Gasteiger partial charge is 0.472 e. The van der Waals surface area contributed by atoms with Crippen LogP contribution in [0.15, 0.2) is 0 Å².